The standard InChI is InChI=1S/C14H19N3O2/c1-11(17-6-8-18-9-7-17)10-15-14-16-12-4-2-3-5-13(12)19-14/h2-5,11H,6-10H2,1H3,(H,15,16). The van der Waals surface area contributed by atoms with Crippen molar-refractivity contribution in [2.24, 2.45) is 0 Å². The first-order chi connectivity index (χ1) is 9.33. The Labute approximate surface area is 112 Å². The van der Waals surface area contributed by atoms with Gasteiger partial charge in [0, 0.05) is 25.7 Å². The van der Waals surface area contributed by atoms with Crippen molar-refractivity contribution < 1.29 is 9.15 Å². The Morgan fingerprint density at radius 1 is 1.32 bits per heavy atom. The Balaban J connectivity index is 1.58. The first-order valence-electron chi connectivity index (χ1n) is 6.74. The summed E-state index contributed by atoms with van der Waals surface area (Å²) in [5.41, 5.74) is 1.72. The van der Waals surface area contributed by atoms with Gasteiger partial charge in [0.1, 0.15) is 5.52 Å². The summed E-state index contributed by atoms with van der Waals surface area (Å²) in [5.74, 6) is 0. The second kappa shape index (κ2) is 5.59. The van der Waals surface area contributed by atoms with Crippen LogP contribution in [0, 0.1) is 0 Å². The quantitative estimate of drug-likeness (QED) is 0.911. The number of nitrogens with zero attached hydrogens (tertiary/aromatic N) is 2. The van der Waals surface area contributed by atoms with E-state index in [4.69, 9.17) is 9.15 Å². The number of rotatable bonds is 4. The van der Waals surface area contributed by atoms with Gasteiger partial charge in [0.2, 0.25) is 0 Å². The van der Waals surface area contributed by atoms with Crippen molar-refractivity contribution in [2.45, 2.75) is 13.0 Å². The van der Waals surface area contributed by atoms with Crippen molar-refractivity contribution in [1.82, 2.24) is 9.88 Å². The maximum Gasteiger partial charge on any atom is 0.295 e. The largest absolute Gasteiger partial charge is 0.424 e. The summed E-state index contributed by atoms with van der Waals surface area (Å²) in [4.78, 5) is 6.82. The molecule has 5 nitrogen and oxygen atoms in total. The highest BCUT2D eigenvalue weighted by Crippen LogP contribution is 2.18. The van der Waals surface area contributed by atoms with Gasteiger partial charge in [-0.1, -0.05) is 12.1 Å². The van der Waals surface area contributed by atoms with Crippen LogP contribution in [0.1, 0.15) is 6.92 Å². The van der Waals surface area contributed by atoms with Crippen LogP contribution < -0.4 is 5.32 Å². The molecule has 0 amide bonds. The molecule has 1 N–H and O–H groups in total. The Kier molecular flexibility index (Phi) is 3.66. The van der Waals surface area contributed by atoms with Crippen molar-refractivity contribution in [2.75, 3.05) is 38.2 Å². The molecule has 3 rings (SSSR count). The maximum absolute atomic E-state index is 5.64. The van der Waals surface area contributed by atoms with Crippen molar-refractivity contribution >= 4 is 17.1 Å². The Morgan fingerprint density at radius 3 is 2.89 bits per heavy atom. The van der Waals surface area contributed by atoms with Crippen LogP contribution in [0.15, 0.2) is 28.7 Å². The SMILES string of the molecule is CC(CNc1nc2ccccc2o1)N1CCOCC1. The fourth-order valence-electron chi connectivity index (χ4n) is 2.33. The van der Waals surface area contributed by atoms with Gasteiger partial charge in [-0.2, -0.15) is 4.98 Å². The molecule has 1 aromatic heterocycles. The molecule has 19 heavy (non-hydrogen) atoms. The lowest BCUT2D eigenvalue weighted by atomic mass is 10.2. The number of fused-ring (bicyclic) bond motifs is 1. The summed E-state index contributed by atoms with van der Waals surface area (Å²) >= 11 is 0. The van der Waals surface area contributed by atoms with E-state index in [1.807, 2.05) is 24.3 Å². The van der Waals surface area contributed by atoms with E-state index in [0.29, 0.717) is 12.1 Å². The summed E-state index contributed by atoms with van der Waals surface area (Å²) < 4.78 is 11.0. The van der Waals surface area contributed by atoms with Crippen LogP contribution in [0.5, 0.6) is 0 Å². The fourth-order valence-corrected chi connectivity index (χ4v) is 2.33. The number of ether oxygens (including phenoxy) is 1. The molecular formula is C14H19N3O2. The summed E-state index contributed by atoms with van der Waals surface area (Å²) in [6.07, 6.45) is 0. The third-order valence-electron chi connectivity index (χ3n) is 3.51. The lowest BCUT2D eigenvalue weighted by Gasteiger charge is -2.32. The summed E-state index contributed by atoms with van der Waals surface area (Å²) in [6, 6.07) is 8.84. The molecule has 0 spiro atoms. The van der Waals surface area contributed by atoms with E-state index in [9.17, 15) is 0 Å². The third-order valence-corrected chi connectivity index (χ3v) is 3.51. The number of aromatic nitrogens is 1. The molecule has 102 valence electrons. The van der Waals surface area contributed by atoms with Crippen molar-refractivity contribution in [3.8, 4) is 0 Å². The van der Waals surface area contributed by atoms with Gasteiger partial charge in [0.25, 0.3) is 6.01 Å². The van der Waals surface area contributed by atoms with Crippen LogP contribution in [0.3, 0.4) is 0 Å². The van der Waals surface area contributed by atoms with Gasteiger partial charge in [-0.3, -0.25) is 4.90 Å². The monoisotopic (exact) mass is 261 g/mol. The van der Waals surface area contributed by atoms with Gasteiger partial charge in [-0.25, -0.2) is 0 Å². The zero-order valence-electron chi connectivity index (χ0n) is 11.1. The van der Waals surface area contributed by atoms with Crippen LogP contribution in [0.2, 0.25) is 0 Å². The highest BCUT2D eigenvalue weighted by molar-refractivity contribution is 5.74. The lowest BCUT2D eigenvalue weighted by molar-refractivity contribution is 0.0226. The Bertz CT molecular complexity index is 501. The van der Waals surface area contributed by atoms with E-state index in [0.717, 1.165) is 43.9 Å². The van der Waals surface area contributed by atoms with E-state index in [1.54, 1.807) is 0 Å². The summed E-state index contributed by atoms with van der Waals surface area (Å²) in [6.45, 7) is 6.68. The molecule has 0 saturated carbocycles. The molecule has 5 heteroatoms. The Morgan fingerprint density at radius 2 is 2.11 bits per heavy atom. The maximum atomic E-state index is 5.64. The van der Waals surface area contributed by atoms with Gasteiger partial charge < -0.3 is 14.5 Å². The van der Waals surface area contributed by atoms with Crippen LogP contribution in [-0.2, 0) is 4.74 Å². The van der Waals surface area contributed by atoms with Gasteiger partial charge >= 0.3 is 0 Å². The predicted octanol–water partition coefficient (Wildman–Crippen LogP) is 1.96. The topological polar surface area (TPSA) is 50.5 Å². The van der Waals surface area contributed by atoms with E-state index in [1.165, 1.54) is 0 Å². The third kappa shape index (κ3) is 2.88. The minimum atomic E-state index is 0.443. The molecular weight excluding hydrogens is 242 g/mol. The number of nitrogens with one attached hydrogen (secondary N) is 1. The second-order valence-electron chi connectivity index (χ2n) is 4.87. The first kappa shape index (κ1) is 12.4. The number of para-hydroxylation sites is 2. The van der Waals surface area contributed by atoms with Crippen LogP contribution in [-0.4, -0.2) is 48.8 Å². The minimum Gasteiger partial charge on any atom is -0.424 e. The minimum absolute atomic E-state index is 0.443. The van der Waals surface area contributed by atoms with E-state index in [2.05, 4.69) is 22.1 Å². The van der Waals surface area contributed by atoms with Crippen molar-refractivity contribution in [3.63, 3.8) is 0 Å². The van der Waals surface area contributed by atoms with Crippen LogP contribution >= 0.6 is 0 Å². The number of benzene rings is 1. The van der Waals surface area contributed by atoms with Crippen molar-refractivity contribution in [1.29, 1.82) is 0 Å². The Hall–Kier alpha value is -1.59. The smallest absolute Gasteiger partial charge is 0.295 e. The zero-order chi connectivity index (χ0) is 13.1. The molecule has 1 unspecified atom stereocenters. The van der Waals surface area contributed by atoms with E-state index in [-0.39, 0.29) is 0 Å². The average molecular weight is 261 g/mol. The van der Waals surface area contributed by atoms with E-state index < -0.39 is 0 Å². The van der Waals surface area contributed by atoms with Crippen molar-refractivity contribution in [3.05, 3.63) is 24.3 Å². The molecule has 0 aliphatic carbocycles. The molecule has 1 aliphatic heterocycles. The highest BCUT2D eigenvalue weighted by atomic mass is 16.5. The highest BCUT2D eigenvalue weighted by Gasteiger charge is 2.17. The number of hydrogen-bond donors (Lipinski definition) is 1. The molecule has 2 heterocycles. The zero-order valence-corrected chi connectivity index (χ0v) is 11.1. The molecule has 1 aliphatic rings. The van der Waals surface area contributed by atoms with Crippen LogP contribution in [0.4, 0.5) is 6.01 Å². The summed E-state index contributed by atoms with van der Waals surface area (Å²) in [5, 5.41) is 3.27. The molecule has 1 atom stereocenters. The molecule has 1 saturated heterocycles. The molecule has 2 aromatic rings. The normalized spacial score (nSPS) is 18.6. The van der Waals surface area contributed by atoms with Gasteiger partial charge in [-0.15, -0.1) is 0 Å². The van der Waals surface area contributed by atoms with E-state index >= 15 is 0 Å². The first-order valence-corrected chi connectivity index (χ1v) is 6.74. The fraction of sp³-hybridized carbons (Fsp3) is 0.500. The number of morpholine rings is 1. The number of anilines is 1. The molecule has 0 radical (unpaired) electrons. The molecule has 1 fully saturated rings. The molecule has 0 bridgehead atoms. The average Bonchev–Trinajstić information content (AvgIpc) is 2.88. The summed E-state index contributed by atoms with van der Waals surface area (Å²) in [7, 11) is 0. The van der Waals surface area contributed by atoms with Gasteiger partial charge in [-0.05, 0) is 19.1 Å². The van der Waals surface area contributed by atoms with Gasteiger partial charge in [0.15, 0.2) is 5.58 Å². The predicted molar refractivity (Wildman–Crippen MR) is 74.4 cm³/mol. The van der Waals surface area contributed by atoms with Gasteiger partial charge in [0.05, 0.1) is 13.2 Å². The second-order valence-corrected chi connectivity index (χ2v) is 4.87. The molecule has 1 aromatic carbocycles. The number of hydrogen-bond acceptors (Lipinski definition) is 5. The number of oxazole rings is 1. The van der Waals surface area contributed by atoms with Crippen LogP contribution in [0.25, 0.3) is 11.1 Å². The lowest BCUT2D eigenvalue weighted by Crippen LogP contribution is -2.45.